The number of halogens is 1. The first-order valence-corrected chi connectivity index (χ1v) is 5.40. The molecule has 0 amide bonds. The van der Waals surface area contributed by atoms with Crippen LogP contribution >= 0.6 is 15.9 Å². The number of hydrogen-bond acceptors (Lipinski definition) is 2. The van der Waals surface area contributed by atoms with Crippen molar-refractivity contribution in [3.05, 3.63) is 45.7 Å². The zero-order valence-electron chi connectivity index (χ0n) is 8.16. The van der Waals surface area contributed by atoms with Crippen LogP contribution in [-0.4, -0.2) is 10.3 Å². The van der Waals surface area contributed by atoms with Gasteiger partial charge in [0.2, 0.25) is 0 Å². The second-order valence-electron chi connectivity index (χ2n) is 3.83. The molecule has 0 aromatic carbocycles. The third-order valence-corrected chi connectivity index (χ3v) is 2.59. The van der Waals surface area contributed by atoms with Gasteiger partial charge in [-0.15, -0.1) is 0 Å². The molecule has 0 fully saturated rings. The third-order valence-electron chi connectivity index (χ3n) is 1.94. The van der Waals surface area contributed by atoms with E-state index in [1.807, 2.05) is 26.0 Å². The number of nitrogens with zero attached hydrogens (tertiary/aromatic N) is 1. The maximum atomic E-state index is 10.6. The van der Waals surface area contributed by atoms with E-state index in [9.17, 15) is 10.1 Å². The fraction of sp³-hybridized carbons (Fsp3) is 0.400. The SMILES string of the molecule is CC1(C)C=CC([N+](=O)[O-])=CC(CBr)=C1. The molecule has 1 aliphatic carbocycles. The predicted octanol–water partition coefficient (Wildman–Crippen LogP) is 3.06. The van der Waals surface area contributed by atoms with Gasteiger partial charge in [-0.2, -0.15) is 0 Å². The minimum absolute atomic E-state index is 0.128. The van der Waals surface area contributed by atoms with Crippen LogP contribution in [0.5, 0.6) is 0 Å². The summed E-state index contributed by atoms with van der Waals surface area (Å²) < 4.78 is 0. The Morgan fingerprint density at radius 3 is 2.71 bits per heavy atom. The van der Waals surface area contributed by atoms with E-state index in [4.69, 9.17) is 0 Å². The van der Waals surface area contributed by atoms with E-state index in [1.54, 1.807) is 12.2 Å². The van der Waals surface area contributed by atoms with Crippen molar-refractivity contribution in [1.29, 1.82) is 0 Å². The molecular weight excluding hydrogens is 246 g/mol. The van der Waals surface area contributed by atoms with Gasteiger partial charge in [-0.3, -0.25) is 10.1 Å². The molecule has 0 radical (unpaired) electrons. The van der Waals surface area contributed by atoms with E-state index >= 15 is 0 Å². The molecule has 0 aromatic rings. The van der Waals surface area contributed by atoms with Gasteiger partial charge < -0.3 is 0 Å². The summed E-state index contributed by atoms with van der Waals surface area (Å²) >= 11 is 3.31. The molecule has 0 spiro atoms. The van der Waals surface area contributed by atoms with E-state index in [1.165, 1.54) is 0 Å². The first-order chi connectivity index (χ1) is 6.44. The molecule has 1 aliphatic rings. The Bertz CT molecular complexity index is 340. The van der Waals surface area contributed by atoms with Crippen LogP contribution in [0.2, 0.25) is 0 Å². The fourth-order valence-electron chi connectivity index (χ4n) is 1.30. The largest absolute Gasteiger partial charge is 0.269 e. The molecule has 0 saturated carbocycles. The van der Waals surface area contributed by atoms with Crippen LogP contribution in [-0.2, 0) is 0 Å². The summed E-state index contributed by atoms with van der Waals surface area (Å²) in [5.74, 6) is 0. The van der Waals surface area contributed by atoms with Crippen molar-refractivity contribution in [1.82, 2.24) is 0 Å². The van der Waals surface area contributed by atoms with Crippen molar-refractivity contribution >= 4 is 15.9 Å². The van der Waals surface area contributed by atoms with Crippen molar-refractivity contribution in [2.75, 3.05) is 5.33 Å². The molecule has 0 aromatic heterocycles. The predicted molar refractivity (Wildman–Crippen MR) is 59.9 cm³/mol. The van der Waals surface area contributed by atoms with Gasteiger partial charge in [0.05, 0.1) is 4.92 Å². The first kappa shape index (κ1) is 11.2. The van der Waals surface area contributed by atoms with Crippen molar-refractivity contribution in [2.24, 2.45) is 5.41 Å². The highest BCUT2D eigenvalue weighted by atomic mass is 79.9. The van der Waals surface area contributed by atoms with E-state index < -0.39 is 0 Å². The van der Waals surface area contributed by atoms with Crippen LogP contribution < -0.4 is 0 Å². The topological polar surface area (TPSA) is 43.1 Å². The quantitative estimate of drug-likeness (QED) is 0.434. The van der Waals surface area contributed by atoms with Gasteiger partial charge in [-0.25, -0.2) is 0 Å². The molecule has 0 saturated heterocycles. The maximum absolute atomic E-state index is 10.6. The lowest BCUT2D eigenvalue weighted by Gasteiger charge is -2.13. The number of rotatable bonds is 2. The molecule has 14 heavy (non-hydrogen) atoms. The van der Waals surface area contributed by atoms with Gasteiger partial charge in [0.25, 0.3) is 5.70 Å². The minimum Gasteiger partial charge on any atom is -0.258 e. The zero-order chi connectivity index (χ0) is 10.8. The summed E-state index contributed by atoms with van der Waals surface area (Å²) in [5.41, 5.74) is 0.949. The average molecular weight is 258 g/mol. The van der Waals surface area contributed by atoms with Crippen molar-refractivity contribution in [3.63, 3.8) is 0 Å². The lowest BCUT2D eigenvalue weighted by molar-refractivity contribution is -0.419. The Hall–Kier alpha value is -0.900. The number of alkyl halides is 1. The van der Waals surface area contributed by atoms with Crippen molar-refractivity contribution in [2.45, 2.75) is 13.8 Å². The van der Waals surface area contributed by atoms with Crippen LogP contribution in [0.1, 0.15) is 13.8 Å². The van der Waals surface area contributed by atoms with Gasteiger partial charge in [-0.05, 0) is 5.57 Å². The second kappa shape index (κ2) is 4.09. The molecule has 0 bridgehead atoms. The zero-order valence-corrected chi connectivity index (χ0v) is 9.74. The minimum atomic E-state index is -0.367. The molecule has 1 rings (SSSR count). The van der Waals surface area contributed by atoms with Gasteiger partial charge in [0.1, 0.15) is 0 Å². The Morgan fingerprint density at radius 2 is 2.21 bits per heavy atom. The van der Waals surface area contributed by atoms with Gasteiger partial charge in [0, 0.05) is 22.9 Å². The summed E-state index contributed by atoms with van der Waals surface area (Å²) in [4.78, 5) is 10.3. The lowest BCUT2D eigenvalue weighted by atomic mass is 9.92. The standard InChI is InChI=1S/C10H12BrNO2/c1-10(2)4-3-9(12(13)14)5-8(6-10)7-11/h3-6H,7H2,1-2H3. The first-order valence-electron chi connectivity index (χ1n) is 4.27. The van der Waals surface area contributed by atoms with Gasteiger partial charge in [0.15, 0.2) is 0 Å². The Balaban J connectivity index is 3.11. The molecule has 0 N–H and O–H groups in total. The molecule has 0 heterocycles. The number of hydrogen-bond donors (Lipinski definition) is 0. The molecule has 76 valence electrons. The summed E-state index contributed by atoms with van der Waals surface area (Å²) in [7, 11) is 0. The van der Waals surface area contributed by atoms with Gasteiger partial charge in [-0.1, -0.05) is 41.9 Å². The summed E-state index contributed by atoms with van der Waals surface area (Å²) in [5, 5.41) is 11.3. The van der Waals surface area contributed by atoms with Gasteiger partial charge >= 0.3 is 0 Å². The van der Waals surface area contributed by atoms with Crippen LogP contribution in [0.3, 0.4) is 0 Å². The van der Waals surface area contributed by atoms with Crippen molar-refractivity contribution < 1.29 is 4.92 Å². The molecule has 0 aliphatic heterocycles. The highest BCUT2D eigenvalue weighted by Gasteiger charge is 2.18. The second-order valence-corrected chi connectivity index (χ2v) is 4.39. The molecular formula is C10H12BrNO2. The van der Waals surface area contributed by atoms with Crippen LogP contribution in [0.15, 0.2) is 35.6 Å². The van der Waals surface area contributed by atoms with E-state index in [0.29, 0.717) is 5.33 Å². The van der Waals surface area contributed by atoms with Crippen LogP contribution in [0, 0.1) is 15.5 Å². The third kappa shape index (κ3) is 2.80. The average Bonchev–Trinajstić information content (AvgIpc) is 2.23. The Morgan fingerprint density at radius 1 is 1.57 bits per heavy atom. The summed E-state index contributed by atoms with van der Waals surface area (Å²) in [6.45, 7) is 4.03. The Labute approximate surface area is 91.5 Å². The van der Waals surface area contributed by atoms with Crippen LogP contribution in [0.4, 0.5) is 0 Å². The molecule has 0 unspecified atom stereocenters. The van der Waals surface area contributed by atoms with Crippen LogP contribution in [0.25, 0.3) is 0 Å². The monoisotopic (exact) mass is 257 g/mol. The smallest absolute Gasteiger partial charge is 0.258 e. The molecule has 0 atom stereocenters. The van der Waals surface area contributed by atoms with Crippen molar-refractivity contribution in [3.8, 4) is 0 Å². The fourth-order valence-corrected chi connectivity index (χ4v) is 1.62. The summed E-state index contributed by atoms with van der Waals surface area (Å²) in [6.07, 6.45) is 7.03. The Kier molecular flexibility index (Phi) is 3.26. The highest BCUT2D eigenvalue weighted by molar-refractivity contribution is 9.09. The van der Waals surface area contributed by atoms with E-state index in [0.717, 1.165) is 5.57 Å². The lowest BCUT2D eigenvalue weighted by Crippen LogP contribution is -2.02. The molecule has 4 heteroatoms. The molecule has 3 nitrogen and oxygen atoms in total. The normalized spacial score (nSPS) is 19.6. The van der Waals surface area contributed by atoms with E-state index in [-0.39, 0.29) is 16.0 Å². The maximum Gasteiger partial charge on any atom is 0.269 e. The highest BCUT2D eigenvalue weighted by Crippen LogP contribution is 2.26. The number of nitro groups is 1. The summed E-state index contributed by atoms with van der Waals surface area (Å²) in [6, 6.07) is 0. The van der Waals surface area contributed by atoms with E-state index in [2.05, 4.69) is 15.9 Å². The number of allylic oxidation sites excluding steroid dienone is 5.